The van der Waals surface area contributed by atoms with Crippen LogP contribution in [0.15, 0.2) is 17.5 Å². The van der Waals surface area contributed by atoms with Gasteiger partial charge in [-0.1, -0.05) is 0 Å². The van der Waals surface area contributed by atoms with Gasteiger partial charge >= 0.3 is 5.97 Å². The van der Waals surface area contributed by atoms with E-state index in [-0.39, 0.29) is 31.9 Å². The van der Waals surface area contributed by atoms with Gasteiger partial charge in [0, 0.05) is 24.9 Å². The molecule has 0 aliphatic carbocycles. The van der Waals surface area contributed by atoms with E-state index in [4.69, 9.17) is 17.2 Å². The fourth-order valence-corrected chi connectivity index (χ4v) is 2.52. The van der Waals surface area contributed by atoms with Crippen LogP contribution >= 0.6 is 0 Å². The third-order valence-electron chi connectivity index (χ3n) is 4.13. The Morgan fingerprint density at radius 1 is 1.16 bits per heavy atom. The molecule has 0 saturated carbocycles. The second-order valence-electron chi connectivity index (χ2n) is 6.68. The number of amides is 3. The van der Waals surface area contributed by atoms with Crippen LogP contribution in [0.1, 0.15) is 25.5 Å². The molecule has 0 fully saturated rings. The van der Waals surface area contributed by atoms with Gasteiger partial charge in [-0.25, -0.2) is 9.78 Å². The van der Waals surface area contributed by atoms with Crippen LogP contribution in [0.4, 0.5) is 0 Å². The Balaban J connectivity index is 2.84. The van der Waals surface area contributed by atoms with Crippen molar-refractivity contribution < 1.29 is 24.3 Å². The fourth-order valence-electron chi connectivity index (χ4n) is 2.52. The lowest BCUT2D eigenvalue weighted by Crippen LogP contribution is -2.56. The minimum Gasteiger partial charge on any atom is -0.480 e. The number of aliphatic carboxylic acids is 1. The smallest absolute Gasteiger partial charge is 0.326 e. The second-order valence-corrected chi connectivity index (χ2v) is 6.68. The van der Waals surface area contributed by atoms with Crippen molar-refractivity contribution in [3.05, 3.63) is 18.2 Å². The summed E-state index contributed by atoms with van der Waals surface area (Å²) in [5, 5.41) is 16.7. The number of hydrogen-bond acceptors (Lipinski definition) is 7. The summed E-state index contributed by atoms with van der Waals surface area (Å²) < 4.78 is 0. The Labute approximate surface area is 178 Å². The summed E-state index contributed by atoms with van der Waals surface area (Å²) in [4.78, 5) is 58.5. The lowest BCUT2D eigenvalue weighted by molar-refractivity contribution is -0.142. The molecule has 3 unspecified atom stereocenters. The van der Waals surface area contributed by atoms with Gasteiger partial charge in [-0.15, -0.1) is 0 Å². The van der Waals surface area contributed by atoms with E-state index >= 15 is 0 Å². The van der Waals surface area contributed by atoms with Crippen molar-refractivity contribution in [3.8, 4) is 0 Å². The van der Waals surface area contributed by atoms with Gasteiger partial charge in [0.1, 0.15) is 18.1 Å². The maximum absolute atomic E-state index is 12.8. The van der Waals surface area contributed by atoms with E-state index in [0.29, 0.717) is 12.1 Å². The highest BCUT2D eigenvalue weighted by molar-refractivity contribution is 5.93. The Bertz CT molecular complexity index is 777. The second kappa shape index (κ2) is 12.8. The first-order valence-corrected chi connectivity index (χ1v) is 9.49. The summed E-state index contributed by atoms with van der Waals surface area (Å²) in [6.07, 6.45) is 3.28. The van der Waals surface area contributed by atoms with E-state index in [1.807, 2.05) is 0 Å². The van der Waals surface area contributed by atoms with Crippen LogP contribution in [-0.4, -0.2) is 75.9 Å². The summed E-state index contributed by atoms with van der Waals surface area (Å²) in [6.45, 7) is 1.34. The zero-order chi connectivity index (χ0) is 23.4. The predicted molar refractivity (Wildman–Crippen MR) is 110 cm³/mol. The average Bonchev–Trinajstić information content (AvgIpc) is 3.22. The molecule has 11 N–H and O–H groups in total. The van der Waals surface area contributed by atoms with Gasteiger partial charge in [0.15, 0.2) is 5.96 Å². The number of nitrogens with zero attached hydrogens (tertiary/aromatic N) is 2. The third-order valence-corrected chi connectivity index (χ3v) is 4.13. The van der Waals surface area contributed by atoms with Crippen LogP contribution < -0.4 is 33.2 Å². The predicted octanol–water partition coefficient (Wildman–Crippen LogP) is -3.48. The quantitative estimate of drug-likeness (QED) is 0.0862. The number of aromatic amines is 1. The molecule has 3 amide bonds. The maximum atomic E-state index is 12.8. The Morgan fingerprint density at radius 3 is 2.39 bits per heavy atom. The molecule has 1 aromatic heterocycles. The molecule has 0 radical (unpaired) electrons. The lowest BCUT2D eigenvalue weighted by atomic mass is 10.1. The molecule has 1 aromatic rings. The summed E-state index contributed by atoms with van der Waals surface area (Å²) in [7, 11) is 0. The number of carbonyl (C=O) groups excluding carboxylic acids is 3. The number of imidazole rings is 1. The number of carboxylic acids is 1. The molecule has 172 valence electrons. The van der Waals surface area contributed by atoms with Gasteiger partial charge in [0.05, 0.1) is 12.9 Å². The number of aliphatic imine (C=N–C) groups is 1. The number of carboxylic acid groups (broad SMARTS) is 1. The van der Waals surface area contributed by atoms with Crippen molar-refractivity contribution in [2.75, 3.05) is 13.1 Å². The number of hydrogen-bond donors (Lipinski definition) is 8. The number of nitrogens with two attached hydrogens (primary N) is 3. The molecular formula is C17H29N9O5. The summed E-state index contributed by atoms with van der Waals surface area (Å²) in [5.41, 5.74) is 16.2. The molecule has 0 spiro atoms. The topological polar surface area (TPSA) is 244 Å². The molecular weight excluding hydrogens is 410 g/mol. The molecule has 0 aliphatic rings. The number of guanidine groups is 1. The van der Waals surface area contributed by atoms with Crippen LogP contribution in [0.3, 0.4) is 0 Å². The van der Waals surface area contributed by atoms with Crippen molar-refractivity contribution in [1.82, 2.24) is 25.9 Å². The number of aromatic nitrogens is 2. The first kappa shape index (κ1) is 25.4. The normalized spacial score (nSPS) is 13.4. The maximum Gasteiger partial charge on any atom is 0.326 e. The summed E-state index contributed by atoms with van der Waals surface area (Å²) in [5.74, 6) is -3.25. The highest BCUT2D eigenvalue weighted by Gasteiger charge is 2.28. The minimum atomic E-state index is -1.24. The van der Waals surface area contributed by atoms with E-state index in [1.54, 1.807) is 0 Å². The van der Waals surface area contributed by atoms with E-state index in [9.17, 15) is 24.3 Å². The van der Waals surface area contributed by atoms with Crippen molar-refractivity contribution >= 4 is 29.7 Å². The SMILES string of the molecule is CC(NC(=O)CN)C(=O)NC(Cc1cnc[nH]1)C(=O)NC(CCCN=C(N)N)C(=O)O. The zero-order valence-electron chi connectivity index (χ0n) is 17.1. The number of rotatable bonds is 13. The largest absolute Gasteiger partial charge is 0.480 e. The first-order chi connectivity index (χ1) is 14.6. The number of H-pyrrole nitrogens is 1. The molecule has 1 rings (SSSR count). The molecule has 0 aromatic carbocycles. The highest BCUT2D eigenvalue weighted by atomic mass is 16.4. The van der Waals surface area contributed by atoms with Crippen molar-refractivity contribution in [2.24, 2.45) is 22.2 Å². The monoisotopic (exact) mass is 439 g/mol. The molecule has 3 atom stereocenters. The van der Waals surface area contributed by atoms with Crippen molar-refractivity contribution in [3.63, 3.8) is 0 Å². The van der Waals surface area contributed by atoms with E-state index in [0.717, 1.165) is 0 Å². The molecule has 1 heterocycles. The molecule has 31 heavy (non-hydrogen) atoms. The first-order valence-electron chi connectivity index (χ1n) is 9.49. The van der Waals surface area contributed by atoms with Gasteiger partial charge in [0.2, 0.25) is 17.7 Å². The summed E-state index contributed by atoms with van der Waals surface area (Å²) in [6, 6.07) is -3.29. The van der Waals surface area contributed by atoms with Crippen LogP contribution in [0.25, 0.3) is 0 Å². The Hall–Kier alpha value is -3.68. The average molecular weight is 439 g/mol. The van der Waals surface area contributed by atoms with E-state index < -0.39 is 41.8 Å². The lowest BCUT2D eigenvalue weighted by Gasteiger charge is -2.23. The van der Waals surface area contributed by atoms with E-state index in [2.05, 4.69) is 30.9 Å². The third kappa shape index (κ3) is 9.58. The minimum absolute atomic E-state index is 0.0233. The van der Waals surface area contributed by atoms with Gasteiger partial charge in [-0.05, 0) is 19.8 Å². The van der Waals surface area contributed by atoms with Gasteiger partial charge in [0.25, 0.3) is 0 Å². The van der Waals surface area contributed by atoms with Gasteiger partial charge in [-0.3, -0.25) is 19.4 Å². The van der Waals surface area contributed by atoms with Gasteiger partial charge in [-0.2, -0.15) is 0 Å². The fraction of sp³-hybridized carbons (Fsp3) is 0.529. The van der Waals surface area contributed by atoms with E-state index in [1.165, 1.54) is 19.4 Å². The van der Waals surface area contributed by atoms with Crippen LogP contribution in [-0.2, 0) is 25.6 Å². The zero-order valence-corrected chi connectivity index (χ0v) is 17.1. The van der Waals surface area contributed by atoms with Crippen molar-refractivity contribution in [2.45, 2.75) is 44.3 Å². The number of carbonyl (C=O) groups is 4. The summed E-state index contributed by atoms with van der Waals surface area (Å²) >= 11 is 0. The Morgan fingerprint density at radius 2 is 1.84 bits per heavy atom. The Kier molecular flexibility index (Phi) is 10.5. The molecule has 0 saturated heterocycles. The van der Waals surface area contributed by atoms with Crippen LogP contribution in [0.5, 0.6) is 0 Å². The molecule has 14 heteroatoms. The standard InChI is InChI=1S/C17H29N9O5/c1-9(24-13(27)6-18)14(28)26-12(5-10-7-21-8-23-10)15(29)25-11(16(30)31)3-2-4-22-17(19)20/h7-9,11-12H,2-6,18H2,1H3,(H,21,23)(H,24,27)(H,25,29)(H,26,28)(H,30,31)(H4,19,20,22). The molecule has 0 bridgehead atoms. The van der Waals surface area contributed by atoms with Crippen LogP contribution in [0, 0.1) is 0 Å². The number of nitrogens with one attached hydrogen (secondary N) is 4. The van der Waals surface area contributed by atoms with Crippen LogP contribution in [0.2, 0.25) is 0 Å². The van der Waals surface area contributed by atoms with Gasteiger partial charge < -0.3 is 43.2 Å². The van der Waals surface area contributed by atoms with Crippen molar-refractivity contribution in [1.29, 1.82) is 0 Å². The molecule has 14 nitrogen and oxygen atoms in total. The highest BCUT2D eigenvalue weighted by Crippen LogP contribution is 2.04. The molecule has 0 aliphatic heterocycles.